The van der Waals surface area contributed by atoms with Crippen molar-refractivity contribution in [1.29, 1.82) is 0 Å². The van der Waals surface area contributed by atoms with E-state index in [0.29, 0.717) is 35.9 Å². The van der Waals surface area contributed by atoms with Gasteiger partial charge in [0.25, 0.3) is 5.91 Å². The number of amides is 2. The van der Waals surface area contributed by atoms with Crippen LogP contribution in [0.2, 0.25) is 0 Å². The third-order valence-corrected chi connectivity index (χ3v) is 4.70. The molecule has 2 amide bonds. The number of aromatic nitrogens is 3. The van der Waals surface area contributed by atoms with Crippen molar-refractivity contribution in [3.63, 3.8) is 0 Å². The van der Waals surface area contributed by atoms with Crippen LogP contribution in [0.5, 0.6) is 0 Å². The molecular weight excluding hydrogens is 334 g/mol. The van der Waals surface area contributed by atoms with Crippen LogP contribution in [0.1, 0.15) is 34.0 Å². The van der Waals surface area contributed by atoms with E-state index in [2.05, 4.69) is 15.2 Å². The molecular formula is C18H23N5O3. The van der Waals surface area contributed by atoms with Crippen molar-refractivity contribution in [3.8, 4) is 0 Å². The maximum atomic E-state index is 12.7. The minimum Gasteiger partial charge on any atom is -0.392 e. The lowest BCUT2D eigenvalue weighted by Crippen LogP contribution is -2.40. The molecule has 3 rings (SSSR count). The largest absolute Gasteiger partial charge is 0.392 e. The van der Waals surface area contributed by atoms with Crippen molar-refractivity contribution in [2.75, 3.05) is 20.1 Å². The molecule has 26 heavy (non-hydrogen) atoms. The molecule has 0 aliphatic carbocycles. The Hall–Kier alpha value is -2.74. The van der Waals surface area contributed by atoms with Gasteiger partial charge in [0, 0.05) is 25.7 Å². The number of benzene rings is 1. The minimum absolute atomic E-state index is 0.0208. The summed E-state index contributed by atoms with van der Waals surface area (Å²) in [6.07, 6.45) is 0.879. The molecule has 1 aliphatic heterocycles. The van der Waals surface area contributed by atoms with E-state index in [4.69, 9.17) is 0 Å². The average molecular weight is 357 g/mol. The molecule has 2 aromatic rings. The first kappa shape index (κ1) is 18.1. The van der Waals surface area contributed by atoms with E-state index in [1.165, 1.54) is 0 Å². The monoisotopic (exact) mass is 357 g/mol. The highest BCUT2D eigenvalue weighted by atomic mass is 16.3. The number of carbonyl (C=O) groups is 2. The summed E-state index contributed by atoms with van der Waals surface area (Å²) < 4.78 is 0. The highest BCUT2D eigenvalue weighted by Gasteiger charge is 2.31. The lowest BCUT2D eigenvalue weighted by atomic mass is 10.1. The minimum atomic E-state index is -0.0956. The van der Waals surface area contributed by atoms with Gasteiger partial charge in [0.05, 0.1) is 19.1 Å². The summed E-state index contributed by atoms with van der Waals surface area (Å²) in [5.41, 5.74) is 1.27. The number of hydrogen-bond donors (Lipinski definition) is 2. The van der Waals surface area contributed by atoms with Crippen molar-refractivity contribution in [2.24, 2.45) is 0 Å². The number of likely N-dealkylation sites (N-methyl/N-ethyl adjacent to an activating group) is 1. The van der Waals surface area contributed by atoms with Gasteiger partial charge in [-0.15, -0.1) is 0 Å². The number of hydrogen-bond acceptors (Lipinski definition) is 5. The lowest BCUT2D eigenvalue weighted by Gasteiger charge is -2.24. The van der Waals surface area contributed by atoms with Gasteiger partial charge in [-0.1, -0.05) is 12.1 Å². The number of rotatable bonds is 5. The Kier molecular flexibility index (Phi) is 5.32. The fourth-order valence-corrected chi connectivity index (χ4v) is 3.16. The van der Waals surface area contributed by atoms with Crippen molar-refractivity contribution in [3.05, 3.63) is 47.0 Å². The number of aliphatic hydroxyl groups is 1. The summed E-state index contributed by atoms with van der Waals surface area (Å²) in [6, 6.07) is 6.97. The number of aliphatic hydroxyl groups excluding tert-OH is 1. The summed E-state index contributed by atoms with van der Waals surface area (Å²) in [5.74, 6) is 1.02. The van der Waals surface area contributed by atoms with Crippen molar-refractivity contribution in [1.82, 2.24) is 25.0 Å². The summed E-state index contributed by atoms with van der Waals surface area (Å²) in [6.45, 7) is 2.79. The maximum absolute atomic E-state index is 12.7. The molecule has 1 atom stereocenters. The van der Waals surface area contributed by atoms with Gasteiger partial charge in [-0.05, 0) is 31.0 Å². The van der Waals surface area contributed by atoms with Gasteiger partial charge in [-0.25, -0.2) is 4.98 Å². The number of likely N-dealkylation sites (tertiary alicyclic amines) is 1. The van der Waals surface area contributed by atoms with Crippen LogP contribution in [0.15, 0.2) is 24.3 Å². The molecule has 1 saturated heterocycles. The molecule has 1 unspecified atom stereocenters. The van der Waals surface area contributed by atoms with Crippen LogP contribution < -0.4 is 0 Å². The third kappa shape index (κ3) is 3.91. The second kappa shape index (κ2) is 7.65. The highest BCUT2D eigenvalue weighted by Crippen LogP contribution is 2.18. The van der Waals surface area contributed by atoms with Gasteiger partial charge in [-0.3, -0.25) is 14.7 Å². The van der Waals surface area contributed by atoms with Gasteiger partial charge < -0.3 is 14.9 Å². The molecule has 0 spiro atoms. The number of nitrogens with zero attached hydrogens (tertiary/aromatic N) is 4. The molecule has 8 nitrogen and oxygen atoms in total. The number of carbonyl (C=O) groups excluding carboxylic acids is 2. The third-order valence-electron chi connectivity index (χ3n) is 4.70. The summed E-state index contributed by atoms with van der Waals surface area (Å²) >= 11 is 0. The zero-order valence-electron chi connectivity index (χ0n) is 15.0. The van der Waals surface area contributed by atoms with E-state index in [1.54, 1.807) is 48.0 Å². The Bertz CT molecular complexity index is 804. The molecule has 1 aliphatic rings. The predicted octanol–water partition coefficient (Wildman–Crippen LogP) is 0.521. The Morgan fingerprint density at radius 1 is 1.42 bits per heavy atom. The van der Waals surface area contributed by atoms with Crippen molar-refractivity contribution < 1.29 is 14.7 Å². The van der Waals surface area contributed by atoms with E-state index >= 15 is 0 Å². The Morgan fingerprint density at radius 3 is 2.92 bits per heavy atom. The zero-order valence-corrected chi connectivity index (χ0v) is 15.0. The lowest BCUT2D eigenvalue weighted by molar-refractivity contribution is -0.131. The molecule has 0 radical (unpaired) electrons. The zero-order chi connectivity index (χ0) is 18.7. The number of nitrogens with one attached hydrogen (secondary N) is 1. The van der Waals surface area contributed by atoms with E-state index in [-0.39, 0.29) is 30.9 Å². The Labute approximate surface area is 151 Å². The fraction of sp³-hybridized carbons (Fsp3) is 0.444. The SMILES string of the molecule is Cc1nc(CC(=O)N(C)C2CCN(C(=O)c3cccc(CO)c3)C2)n[nH]1. The highest BCUT2D eigenvalue weighted by molar-refractivity contribution is 5.94. The second-order valence-electron chi connectivity index (χ2n) is 6.57. The predicted molar refractivity (Wildman–Crippen MR) is 94.3 cm³/mol. The first-order valence-corrected chi connectivity index (χ1v) is 8.60. The van der Waals surface area contributed by atoms with Crippen LogP contribution in [-0.2, 0) is 17.8 Å². The van der Waals surface area contributed by atoms with Gasteiger partial charge in [0.15, 0.2) is 5.82 Å². The molecule has 2 N–H and O–H groups in total. The van der Waals surface area contributed by atoms with E-state index in [9.17, 15) is 14.7 Å². The number of aromatic amines is 1. The normalized spacial score (nSPS) is 16.7. The van der Waals surface area contributed by atoms with Crippen LogP contribution in [0.3, 0.4) is 0 Å². The number of H-pyrrole nitrogens is 1. The first-order chi connectivity index (χ1) is 12.5. The fourth-order valence-electron chi connectivity index (χ4n) is 3.16. The molecule has 1 fully saturated rings. The smallest absolute Gasteiger partial charge is 0.253 e. The van der Waals surface area contributed by atoms with Crippen LogP contribution in [0, 0.1) is 6.92 Å². The van der Waals surface area contributed by atoms with E-state index in [1.807, 2.05) is 0 Å². The van der Waals surface area contributed by atoms with Gasteiger partial charge in [-0.2, -0.15) is 5.10 Å². The van der Waals surface area contributed by atoms with Gasteiger partial charge in [0.1, 0.15) is 5.82 Å². The standard InChI is InChI=1S/C18H23N5O3/c1-12-19-16(21-20-12)9-17(25)22(2)15-6-7-23(10-15)18(26)14-5-3-4-13(8-14)11-24/h3-5,8,15,24H,6-7,9-11H2,1-2H3,(H,19,20,21). The summed E-state index contributed by atoms with van der Waals surface area (Å²) in [5, 5.41) is 16.0. The molecule has 1 aromatic carbocycles. The maximum Gasteiger partial charge on any atom is 0.253 e. The summed E-state index contributed by atoms with van der Waals surface area (Å²) in [4.78, 5) is 32.7. The van der Waals surface area contributed by atoms with Crippen molar-refractivity contribution >= 4 is 11.8 Å². The Morgan fingerprint density at radius 2 is 2.23 bits per heavy atom. The van der Waals surface area contributed by atoms with E-state index < -0.39 is 0 Å². The Balaban J connectivity index is 1.60. The molecule has 8 heteroatoms. The van der Waals surface area contributed by atoms with Crippen LogP contribution in [0.25, 0.3) is 0 Å². The topological polar surface area (TPSA) is 102 Å². The van der Waals surface area contributed by atoms with Crippen LogP contribution in [0.4, 0.5) is 0 Å². The van der Waals surface area contributed by atoms with E-state index in [0.717, 1.165) is 6.42 Å². The van der Waals surface area contributed by atoms with Crippen molar-refractivity contribution in [2.45, 2.75) is 32.4 Å². The quantitative estimate of drug-likeness (QED) is 0.812. The summed E-state index contributed by atoms with van der Waals surface area (Å²) in [7, 11) is 1.76. The van der Waals surface area contributed by atoms with Gasteiger partial charge in [0.2, 0.25) is 5.91 Å². The molecule has 1 aromatic heterocycles. The molecule has 2 heterocycles. The van der Waals surface area contributed by atoms with Crippen LogP contribution in [-0.4, -0.2) is 68.1 Å². The molecule has 0 bridgehead atoms. The average Bonchev–Trinajstić information content (AvgIpc) is 3.29. The van der Waals surface area contributed by atoms with Crippen LogP contribution >= 0.6 is 0 Å². The van der Waals surface area contributed by atoms with Gasteiger partial charge >= 0.3 is 0 Å². The first-order valence-electron chi connectivity index (χ1n) is 8.60. The second-order valence-corrected chi connectivity index (χ2v) is 6.57. The number of aryl methyl sites for hydroxylation is 1. The molecule has 0 saturated carbocycles. The molecule has 138 valence electrons.